The predicted molar refractivity (Wildman–Crippen MR) is 83.8 cm³/mol. The van der Waals surface area contributed by atoms with E-state index in [1.165, 1.54) is 11.1 Å². The maximum atomic E-state index is 12.5. The van der Waals surface area contributed by atoms with E-state index in [9.17, 15) is 4.79 Å². The molecular weight excluding hydrogens is 262 g/mol. The van der Waals surface area contributed by atoms with E-state index >= 15 is 0 Å². The molecule has 2 N–H and O–H groups in total. The Morgan fingerprint density at radius 1 is 1.29 bits per heavy atom. The van der Waals surface area contributed by atoms with Gasteiger partial charge in [-0.25, -0.2) is 0 Å². The highest BCUT2D eigenvalue weighted by Gasteiger charge is 2.27. The largest absolute Gasteiger partial charge is 0.337 e. The van der Waals surface area contributed by atoms with Crippen molar-refractivity contribution in [3.63, 3.8) is 0 Å². The Hall–Kier alpha value is -1.39. The standard InChI is InChI=1S/C17H25N3O/c1-13-6-8-19(11-16(13)18)12-17(21)20-9-7-14-4-2-3-5-15(14)10-20/h2-5,13,16H,6-12,18H2,1H3. The van der Waals surface area contributed by atoms with E-state index in [2.05, 4.69) is 36.1 Å². The van der Waals surface area contributed by atoms with E-state index in [4.69, 9.17) is 5.73 Å². The molecule has 114 valence electrons. The molecule has 1 aromatic rings. The van der Waals surface area contributed by atoms with Crippen LogP contribution in [0.5, 0.6) is 0 Å². The van der Waals surface area contributed by atoms with Gasteiger partial charge in [-0.1, -0.05) is 31.2 Å². The van der Waals surface area contributed by atoms with Crippen LogP contribution in [-0.2, 0) is 17.8 Å². The molecule has 4 heteroatoms. The molecule has 0 bridgehead atoms. The van der Waals surface area contributed by atoms with Gasteiger partial charge < -0.3 is 10.6 Å². The SMILES string of the molecule is CC1CCN(CC(=O)N2CCc3ccccc3C2)CC1N. The fourth-order valence-electron chi connectivity index (χ4n) is 3.31. The van der Waals surface area contributed by atoms with Crippen molar-refractivity contribution in [1.29, 1.82) is 0 Å². The molecule has 2 heterocycles. The van der Waals surface area contributed by atoms with Gasteiger partial charge in [-0.2, -0.15) is 0 Å². The summed E-state index contributed by atoms with van der Waals surface area (Å²) in [5.41, 5.74) is 8.80. The van der Waals surface area contributed by atoms with Crippen LogP contribution >= 0.6 is 0 Å². The van der Waals surface area contributed by atoms with Gasteiger partial charge in [0, 0.05) is 25.7 Å². The molecular formula is C17H25N3O. The number of nitrogens with zero attached hydrogens (tertiary/aromatic N) is 2. The normalized spacial score (nSPS) is 26.5. The minimum Gasteiger partial charge on any atom is -0.337 e. The molecule has 2 aliphatic heterocycles. The smallest absolute Gasteiger partial charge is 0.237 e. The number of carbonyl (C=O) groups is 1. The topological polar surface area (TPSA) is 49.6 Å². The first-order valence-corrected chi connectivity index (χ1v) is 7.96. The van der Waals surface area contributed by atoms with Gasteiger partial charge in [0.1, 0.15) is 0 Å². The van der Waals surface area contributed by atoms with E-state index < -0.39 is 0 Å². The van der Waals surface area contributed by atoms with E-state index in [-0.39, 0.29) is 11.9 Å². The molecule has 21 heavy (non-hydrogen) atoms. The summed E-state index contributed by atoms with van der Waals surface area (Å²) in [5, 5.41) is 0. The summed E-state index contributed by atoms with van der Waals surface area (Å²) in [6, 6.07) is 8.63. The van der Waals surface area contributed by atoms with Crippen molar-refractivity contribution >= 4 is 5.91 Å². The van der Waals surface area contributed by atoms with Crippen LogP contribution in [-0.4, -0.2) is 47.9 Å². The monoisotopic (exact) mass is 287 g/mol. The van der Waals surface area contributed by atoms with Gasteiger partial charge in [0.2, 0.25) is 5.91 Å². The van der Waals surface area contributed by atoms with Crippen molar-refractivity contribution in [1.82, 2.24) is 9.80 Å². The summed E-state index contributed by atoms with van der Waals surface area (Å²) < 4.78 is 0. The molecule has 1 amide bonds. The average Bonchev–Trinajstić information content (AvgIpc) is 2.50. The second-order valence-electron chi connectivity index (χ2n) is 6.50. The van der Waals surface area contributed by atoms with Crippen LogP contribution in [0.15, 0.2) is 24.3 Å². The van der Waals surface area contributed by atoms with Crippen LogP contribution in [0.1, 0.15) is 24.5 Å². The molecule has 0 aliphatic carbocycles. The summed E-state index contributed by atoms with van der Waals surface area (Å²) in [6.45, 7) is 6.15. The molecule has 2 unspecified atom stereocenters. The number of hydrogen-bond donors (Lipinski definition) is 1. The molecule has 1 fully saturated rings. The molecule has 1 saturated heterocycles. The van der Waals surface area contributed by atoms with Gasteiger partial charge in [0.05, 0.1) is 6.54 Å². The predicted octanol–water partition coefficient (Wildman–Crippen LogP) is 1.24. The van der Waals surface area contributed by atoms with Crippen LogP contribution in [0.4, 0.5) is 0 Å². The Kier molecular flexibility index (Phi) is 4.27. The van der Waals surface area contributed by atoms with Gasteiger partial charge in [0.25, 0.3) is 0 Å². The van der Waals surface area contributed by atoms with E-state index in [1.807, 2.05) is 4.90 Å². The summed E-state index contributed by atoms with van der Waals surface area (Å²) in [7, 11) is 0. The number of fused-ring (bicyclic) bond motifs is 1. The first-order chi connectivity index (χ1) is 10.1. The Labute approximate surface area is 126 Å². The number of hydrogen-bond acceptors (Lipinski definition) is 3. The number of rotatable bonds is 2. The van der Waals surface area contributed by atoms with Crippen molar-refractivity contribution < 1.29 is 4.79 Å². The minimum atomic E-state index is 0.202. The lowest BCUT2D eigenvalue weighted by Crippen LogP contribution is -2.51. The van der Waals surface area contributed by atoms with E-state index in [0.717, 1.165) is 39.0 Å². The lowest BCUT2D eigenvalue weighted by Gasteiger charge is -2.36. The fraction of sp³-hybridized carbons (Fsp3) is 0.588. The molecule has 2 atom stereocenters. The zero-order valence-corrected chi connectivity index (χ0v) is 12.8. The Balaban J connectivity index is 1.57. The maximum Gasteiger partial charge on any atom is 0.237 e. The third-order valence-electron chi connectivity index (χ3n) is 4.94. The number of benzene rings is 1. The first-order valence-electron chi connectivity index (χ1n) is 7.96. The molecule has 0 spiro atoms. The lowest BCUT2D eigenvalue weighted by atomic mass is 9.94. The zero-order chi connectivity index (χ0) is 14.8. The van der Waals surface area contributed by atoms with Gasteiger partial charge in [0.15, 0.2) is 0 Å². The number of amides is 1. The van der Waals surface area contributed by atoms with Gasteiger partial charge >= 0.3 is 0 Å². The van der Waals surface area contributed by atoms with Crippen molar-refractivity contribution in [2.24, 2.45) is 11.7 Å². The highest BCUT2D eigenvalue weighted by Crippen LogP contribution is 2.20. The van der Waals surface area contributed by atoms with Crippen molar-refractivity contribution in [3.8, 4) is 0 Å². The Bertz CT molecular complexity index is 517. The summed E-state index contributed by atoms with van der Waals surface area (Å²) >= 11 is 0. The summed E-state index contributed by atoms with van der Waals surface area (Å²) in [4.78, 5) is 16.7. The van der Waals surface area contributed by atoms with Crippen LogP contribution in [0.2, 0.25) is 0 Å². The van der Waals surface area contributed by atoms with E-state index in [0.29, 0.717) is 12.5 Å². The van der Waals surface area contributed by atoms with Crippen LogP contribution in [0.25, 0.3) is 0 Å². The van der Waals surface area contributed by atoms with Crippen molar-refractivity contribution in [2.45, 2.75) is 32.4 Å². The second-order valence-corrected chi connectivity index (χ2v) is 6.50. The molecule has 1 aromatic carbocycles. The summed E-state index contributed by atoms with van der Waals surface area (Å²) in [5.74, 6) is 0.810. The number of piperidine rings is 1. The first kappa shape index (κ1) is 14.5. The van der Waals surface area contributed by atoms with Gasteiger partial charge in [-0.15, -0.1) is 0 Å². The van der Waals surface area contributed by atoms with Crippen LogP contribution < -0.4 is 5.73 Å². The third-order valence-corrected chi connectivity index (χ3v) is 4.94. The lowest BCUT2D eigenvalue weighted by molar-refractivity contribution is -0.133. The fourth-order valence-corrected chi connectivity index (χ4v) is 3.31. The second kappa shape index (κ2) is 6.16. The molecule has 0 saturated carbocycles. The summed E-state index contributed by atoms with van der Waals surface area (Å²) in [6.07, 6.45) is 2.07. The number of likely N-dealkylation sites (tertiary alicyclic amines) is 1. The highest BCUT2D eigenvalue weighted by atomic mass is 16.2. The third kappa shape index (κ3) is 3.27. The van der Waals surface area contributed by atoms with Crippen LogP contribution in [0.3, 0.4) is 0 Å². The Morgan fingerprint density at radius 3 is 2.81 bits per heavy atom. The quantitative estimate of drug-likeness (QED) is 0.890. The van der Waals surface area contributed by atoms with Crippen LogP contribution in [0, 0.1) is 5.92 Å². The zero-order valence-electron chi connectivity index (χ0n) is 12.8. The number of nitrogens with two attached hydrogens (primary N) is 1. The molecule has 2 aliphatic rings. The molecule has 3 rings (SSSR count). The molecule has 0 aromatic heterocycles. The van der Waals surface area contributed by atoms with Gasteiger partial charge in [-0.05, 0) is 36.4 Å². The van der Waals surface area contributed by atoms with Gasteiger partial charge in [-0.3, -0.25) is 9.69 Å². The van der Waals surface area contributed by atoms with Crippen molar-refractivity contribution in [3.05, 3.63) is 35.4 Å². The molecule has 4 nitrogen and oxygen atoms in total. The minimum absolute atomic E-state index is 0.202. The molecule has 0 radical (unpaired) electrons. The van der Waals surface area contributed by atoms with E-state index in [1.54, 1.807) is 0 Å². The maximum absolute atomic E-state index is 12.5. The van der Waals surface area contributed by atoms with Crippen molar-refractivity contribution in [2.75, 3.05) is 26.2 Å². The number of carbonyl (C=O) groups excluding carboxylic acids is 1. The average molecular weight is 287 g/mol. The highest BCUT2D eigenvalue weighted by molar-refractivity contribution is 5.78. The Morgan fingerprint density at radius 2 is 2.05 bits per heavy atom.